The summed E-state index contributed by atoms with van der Waals surface area (Å²) in [6, 6.07) is 0.627. The van der Waals surface area contributed by atoms with E-state index in [4.69, 9.17) is 5.73 Å². The third-order valence-corrected chi connectivity index (χ3v) is 4.64. The number of nitrogens with zero attached hydrogens (tertiary/aromatic N) is 1. The lowest BCUT2D eigenvalue weighted by Crippen LogP contribution is -2.49. The standard InChI is InChI=1S/C14H26F2N2/c1-18(13-7-3-2-6-12(13)17)10-11-5-4-8-14(15,16)9-11/h11-13H,2-10,17H2,1H3. The van der Waals surface area contributed by atoms with Gasteiger partial charge >= 0.3 is 0 Å². The van der Waals surface area contributed by atoms with Crippen LogP contribution in [-0.4, -0.2) is 36.5 Å². The fourth-order valence-electron chi connectivity index (χ4n) is 3.66. The zero-order chi connectivity index (χ0) is 13.2. The highest BCUT2D eigenvalue weighted by Gasteiger charge is 2.37. The molecule has 2 nitrogen and oxygen atoms in total. The minimum absolute atomic E-state index is 0.0687. The van der Waals surface area contributed by atoms with Gasteiger partial charge < -0.3 is 10.6 Å². The molecule has 0 aliphatic heterocycles. The van der Waals surface area contributed by atoms with Crippen molar-refractivity contribution in [3.05, 3.63) is 0 Å². The molecule has 0 aromatic carbocycles. The first-order valence-corrected chi connectivity index (χ1v) is 7.31. The van der Waals surface area contributed by atoms with Gasteiger partial charge in [0.05, 0.1) is 0 Å². The Balaban J connectivity index is 1.84. The van der Waals surface area contributed by atoms with Gasteiger partial charge in [0, 0.05) is 31.5 Å². The van der Waals surface area contributed by atoms with E-state index in [9.17, 15) is 8.78 Å². The Bertz CT molecular complexity index is 271. The average Bonchev–Trinajstić information content (AvgIpc) is 2.28. The number of nitrogens with two attached hydrogens (primary N) is 1. The van der Waals surface area contributed by atoms with Gasteiger partial charge in [-0.25, -0.2) is 8.78 Å². The van der Waals surface area contributed by atoms with E-state index in [0.29, 0.717) is 12.5 Å². The molecule has 0 spiro atoms. The van der Waals surface area contributed by atoms with Crippen molar-refractivity contribution in [2.75, 3.05) is 13.6 Å². The number of alkyl halides is 2. The molecule has 106 valence electrons. The molecule has 2 fully saturated rings. The molecular weight excluding hydrogens is 234 g/mol. The van der Waals surface area contributed by atoms with E-state index in [1.54, 1.807) is 0 Å². The number of hydrogen-bond donors (Lipinski definition) is 1. The Kier molecular flexibility index (Phi) is 4.59. The maximum Gasteiger partial charge on any atom is 0.248 e. The van der Waals surface area contributed by atoms with Crippen molar-refractivity contribution in [1.29, 1.82) is 0 Å². The Hall–Kier alpha value is -0.220. The maximum atomic E-state index is 13.4. The Labute approximate surface area is 109 Å². The fraction of sp³-hybridized carbons (Fsp3) is 1.00. The van der Waals surface area contributed by atoms with E-state index < -0.39 is 5.92 Å². The van der Waals surface area contributed by atoms with E-state index >= 15 is 0 Å². The minimum atomic E-state index is -2.43. The van der Waals surface area contributed by atoms with Crippen LogP contribution in [0.3, 0.4) is 0 Å². The first kappa shape index (κ1) is 14.2. The lowest BCUT2D eigenvalue weighted by Gasteiger charge is -2.39. The summed E-state index contributed by atoms with van der Waals surface area (Å²) in [5.74, 6) is -2.29. The highest BCUT2D eigenvalue weighted by molar-refractivity contribution is 4.87. The zero-order valence-electron chi connectivity index (χ0n) is 11.4. The van der Waals surface area contributed by atoms with Gasteiger partial charge in [-0.2, -0.15) is 0 Å². The monoisotopic (exact) mass is 260 g/mol. The van der Waals surface area contributed by atoms with Crippen molar-refractivity contribution in [3.8, 4) is 0 Å². The second kappa shape index (κ2) is 5.83. The maximum absolute atomic E-state index is 13.4. The van der Waals surface area contributed by atoms with Crippen LogP contribution in [-0.2, 0) is 0 Å². The van der Waals surface area contributed by atoms with Crippen LogP contribution in [0.2, 0.25) is 0 Å². The van der Waals surface area contributed by atoms with Crippen LogP contribution in [0.5, 0.6) is 0 Å². The lowest BCUT2D eigenvalue weighted by atomic mass is 9.84. The van der Waals surface area contributed by atoms with Crippen LogP contribution >= 0.6 is 0 Å². The Morgan fingerprint density at radius 1 is 1.17 bits per heavy atom. The van der Waals surface area contributed by atoms with Crippen LogP contribution in [0.15, 0.2) is 0 Å². The van der Waals surface area contributed by atoms with Crippen LogP contribution in [0.1, 0.15) is 51.4 Å². The Morgan fingerprint density at radius 2 is 1.89 bits per heavy atom. The predicted octanol–water partition coefficient (Wildman–Crippen LogP) is 3.01. The molecular formula is C14H26F2N2. The van der Waals surface area contributed by atoms with E-state index in [1.165, 1.54) is 12.8 Å². The molecule has 2 aliphatic carbocycles. The minimum Gasteiger partial charge on any atom is -0.326 e. The van der Waals surface area contributed by atoms with E-state index in [1.807, 2.05) is 0 Å². The lowest BCUT2D eigenvalue weighted by molar-refractivity contribution is -0.0582. The fourth-order valence-corrected chi connectivity index (χ4v) is 3.66. The highest BCUT2D eigenvalue weighted by atomic mass is 19.3. The number of hydrogen-bond acceptors (Lipinski definition) is 2. The van der Waals surface area contributed by atoms with E-state index in [0.717, 1.165) is 25.8 Å². The molecule has 2 rings (SSSR count). The van der Waals surface area contributed by atoms with Gasteiger partial charge in [0.15, 0.2) is 0 Å². The third-order valence-electron chi connectivity index (χ3n) is 4.64. The van der Waals surface area contributed by atoms with Crippen molar-refractivity contribution in [1.82, 2.24) is 4.90 Å². The van der Waals surface area contributed by atoms with Crippen LogP contribution < -0.4 is 5.73 Å². The van der Waals surface area contributed by atoms with Crippen LogP contribution in [0.25, 0.3) is 0 Å². The normalized spacial score (nSPS) is 36.8. The molecule has 0 saturated heterocycles. The van der Waals surface area contributed by atoms with Gasteiger partial charge in [0.1, 0.15) is 0 Å². The summed E-state index contributed by atoms with van der Waals surface area (Å²) in [6.45, 7) is 0.786. The molecule has 18 heavy (non-hydrogen) atoms. The molecule has 3 unspecified atom stereocenters. The summed E-state index contributed by atoms with van der Waals surface area (Å²) in [4.78, 5) is 2.25. The molecule has 0 aromatic rings. The molecule has 0 aromatic heterocycles. The summed E-state index contributed by atoms with van der Waals surface area (Å²) in [5.41, 5.74) is 6.15. The van der Waals surface area contributed by atoms with Gasteiger partial charge in [0.2, 0.25) is 5.92 Å². The van der Waals surface area contributed by atoms with Crippen molar-refractivity contribution in [3.63, 3.8) is 0 Å². The second-order valence-electron chi connectivity index (χ2n) is 6.27. The zero-order valence-corrected chi connectivity index (χ0v) is 11.4. The molecule has 0 radical (unpaired) electrons. The first-order valence-electron chi connectivity index (χ1n) is 7.31. The number of rotatable bonds is 3. The van der Waals surface area contributed by atoms with Gasteiger partial charge in [-0.1, -0.05) is 12.8 Å². The molecule has 0 amide bonds. The van der Waals surface area contributed by atoms with Crippen molar-refractivity contribution < 1.29 is 8.78 Å². The predicted molar refractivity (Wildman–Crippen MR) is 69.8 cm³/mol. The second-order valence-corrected chi connectivity index (χ2v) is 6.27. The van der Waals surface area contributed by atoms with Gasteiger partial charge in [-0.15, -0.1) is 0 Å². The van der Waals surface area contributed by atoms with Crippen molar-refractivity contribution in [2.45, 2.75) is 69.4 Å². The summed E-state index contributed by atoms with van der Waals surface area (Å²) in [6.07, 6.45) is 6.41. The molecule has 0 heterocycles. The highest BCUT2D eigenvalue weighted by Crippen LogP contribution is 2.37. The summed E-state index contributed by atoms with van der Waals surface area (Å²) < 4.78 is 26.8. The number of halogens is 2. The van der Waals surface area contributed by atoms with Crippen molar-refractivity contribution in [2.24, 2.45) is 11.7 Å². The largest absolute Gasteiger partial charge is 0.326 e. The van der Waals surface area contributed by atoms with Crippen LogP contribution in [0.4, 0.5) is 8.78 Å². The molecule has 0 bridgehead atoms. The Morgan fingerprint density at radius 3 is 2.56 bits per heavy atom. The van der Waals surface area contributed by atoms with Gasteiger partial charge in [-0.05, 0) is 38.6 Å². The molecule has 2 N–H and O–H groups in total. The van der Waals surface area contributed by atoms with Crippen LogP contribution in [0, 0.1) is 5.92 Å². The first-order chi connectivity index (χ1) is 8.48. The molecule has 4 heteroatoms. The molecule has 2 saturated carbocycles. The van der Waals surface area contributed by atoms with Gasteiger partial charge in [0.25, 0.3) is 0 Å². The average molecular weight is 260 g/mol. The number of likely N-dealkylation sites (N-methyl/N-ethyl adjacent to an activating group) is 1. The van der Waals surface area contributed by atoms with E-state index in [2.05, 4.69) is 11.9 Å². The smallest absolute Gasteiger partial charge is 0.248 e. The molecule has 2 aliphatic rings. The summed E-state index contributed by atoms with van der Waals surface area (Å²) in [7, 11) is 2.06. The topological polar surface area (TPSA) is 29.3 Å². The van der Waals surface area contributed by atoms with Gasteiger partial charge in [-0.3, -0.25) is 0 Å². The third kappa shape index (κ3) is 3.64. The molecule has 3 atom stereocenters. The summed E-state index contributed by atoms with van der Waals surface area (Å²) >= 11 is 0. The summed E-state index contributed by atoms with van der Waals surface area (Å²) in [5, 5.41) is 0. The quantitative estimate of drug-likeness (QED) is 0.845. The van der Waals surface area contributed by atoms with Crippen molar-refractivity contribution >= 4 is 0 Å². The SMILES string of the molecule is CN(CC1CCCC(F)(F)C1)C1CCCCC1N. The van der Waals surface area contributed by atoms with E-state index in [-0.39, 0.29) is 24.8 Å².